The van der Waals surface area contributed by atoms with Gasteiger partial charge in [0.05, 0.1) is 5.56 Å². The number of nitrogens with one attached hydrogen (secondary N) is 1. The van der Waals surface area contributed by atoms with E-state index in [1.54, 1.807) is 0 Å². The molecule has 2 heterocycles. The van der Waals surface area contributed by atoms with Crippen LogP contribution in [0.15, 0.2) is 12.1 Å². The van der Waals surface area contributed by atoms with Gasteiger partial charge in [-0.3, -0.25) is 0 Å². The summed E-state index contributed by atoms with van der Waals surface area (Å²) in [5, 5.41) is 2.95. The van der Waals surface area contributed by atoms with Crippen LogP contribution >= 0.6 is 0 Å². The second kappa shape index (κ2) is 5.89. The van der Waals surface area contributed by atoms with Gasteiger partial charge in [0, 0.05) is 19.1 Å². The van der Waals surface area contributed by atoms with Crippen molar-refractivity contribution >= 4 is 11.6 Å². The Labute approximate surface area is 117 Å². The number of pyridine rings is 1. The van der Waals surface area contributed by atoms with Crippen molar-refractivity contribution in [2.45, 2.75) is 45.3 Å². The highest BCUT2D eigenvalue weighted by Crippen LogP contribution is 2.34. The zero-order valence-corrected chi connectivity index (χ0v) is 11.8. The minimum atomic E-state index is -4.34. The van der Waals surface area contributed by atoms with Crippen LogP contribution in [-0.2, 0) is 6.18 Å². The van der Waals surface area contributed by atoms with Crippen LogP contribution in [0.1, 0.15) is 38.7 Å². The topological polar surface area (TPSA) is 28.2 Å². The van der Waals surface area contributed by atoms with Gasteiger partial charge in [0.25, 0.3) is 0 Å². The van der Waals surface area contributed by atoms with Gasteiger partial charge in [-0.05, 0) is 38.3 Å². The Morgan fingerprint density at radius 2 is 2.15 bits per heavy atom. The van der Waals surface area contributed by atoms with Crippen LogP contribution < -0.4 is 10.2 Å². The first-order valence-corrected chi connectivity index (χ1v) is 7.01. The number of hydrogen-bond donors (Lipinski definition) is 1. The monoisotopic (exact) mass is 287 g/mol. The molecule has 1 aliphatic heterocycles. The van der Waals surface area contributed by atoms with Gasteiger partial charge in [-0.15, -0.1) is 0 Å². The Balaban J connectivity index is 2.34. The summed E-state index contributed by atoms with van der Waals surface area (Å²) in [6.45, 7) is 5.37. The van der Waals surface area contributed by atoms with Crippen molar-refractivity contribution < 1.29 is 13.2 Å². The van der Waals surface area contributed by atoms with Crippen molar-refractivity contribution in [2.24, 2.45) is 0 Å². The van der Waals surface area contributed by atoms with Gasteiger partial charge in [0.15, 0.2) is 0 Å². The molecule has 1 fully saturated rings. The summed E-state index contributed by atoms with van der Waals surface area (Å²) >= 11 is 0. The molecule has 0 aromatic carbocycles. The molecule has 1 unspecified atom stereocenters. The lowest BCUT2D eigenvalue weighted by molar-refractivity contribution is -0.137. The van der Waals surface area contributed by atoms with Crippen LogP contribution in [0.5, 0.6) is 0 Å². The molecule has 0 bridgehead atoms. The number of rotatable bonds is 4. The molecule has 1 saturated heterocycles. The molecule has 1 aromatic heterocycles. The van der Waals surface area contributed by atoms with Gasteiger partial charge in [0.1, 0.15) is 11.6 Å². The van der Waals surface area contributed by atoms with Crippen LogP contribution in [0.2, 0.25) is 0 Å². The number of halogens is 3. The fourth-order valence-corrected chi connectivity index (χ4v) is 2.44. The van der Waals surface area contributed by atoms with E-state index < -0.39 is 11.7 Å². The third-order valence-electron chi connectivity index (χ3n) is 3.54. The van der Waals surface area contributed by atoms with Gasteiger partial charge in [-0.25, -0.2) is 4.98 Å². The van der Waals surface area contributed by atoms with E-state index in [9.17, 15) is 13.2 Å². The zero-order valence-electron chi connectivity index (χ0n) is 11.8. The summed E-state index contributed by atoms with van der Waals surface area (Å²) in [5.41, 5.74) is -0.639. The summed E-state index contributed by atoms with van der Waals surface area (Å²) in [6, 6.07) is 2.48. The lowest BCUT2D eigenvalue weighted by Gasteiger charge is -2.24. The molecule has 3 nitrogen and oxygen atoms in total. The number of nitrogens with zero attached hydrogens (tertiary/aromatic N) is 2. The smallest absolute Gasteiger partial charge is 0.370 e. The van der Waals surface area contributed by atoms with E-state index in [0.29, 0.717) is 18.2 Å². The lowest BCUT2D eigenvalue weighted by Crippen LogP contribution is -2.28. The molecule has 1 aromatic rings. The van der Waals surface area contributed by atoms with Crippen LogP contribution in [0, 0.1) is 0 Å². The van der Waals surface area contributed by atoms with Crippen molar-refractivity contribution in [2.75, 3.05) is 23.3 Å². The Morgan fingerprint density at radius 3 is 2.70 bits per heavy atom. The van der Waals surface area contributed by atoms with Crippen molar-refractivity contribution in [3.8, 4) is 0 Å². The van der Waals surface area contributed by atoms with Crippen molar-refractivity contribution in [1.29, 1.82) is 0 Å². The fourth-order valence-electron chi connectivity index (χ4n) is 2.44. The van der Waals surface area contributed by atoms with E-state index in [1.807, 2.05) is 18.7 Å². The van der Waals surface area contributed by atoms with Gasteiger partial charge in [0.2, 0.25) is 0 Å². The molecule has 1 atom stereocenters. The van der Waals surface area contributed by atoms with E-state index in [1.165, 1.54) is 0 Å². The Hall–Kier alpha value is -1.46. The Bertz CT molecular complexity index is 459. The average molecular weight is 287 g/mol. The van der Waals surface area contributed by atoms with Crippen LogP contribution in [-0.4, -0.2) is 24.1 Å². The second-order valence-corrected chi connectivity index (χ2v) is 5.21. The SMILES string of the molecule is CCCNc1cc(C(F)(F)F)cc(N2CCCC2C)n1. The quantitative estimate of drug-likeness (QED) is 0.910. The van der Waals surface area contributed by atoms with E-state index in [0.717, 1.165) is 37.9 Å². The molecule has 6 heteroatoms. The number of anilines is 2. The Kier molecular flexibility index (Phi) is 4.40. The molecule has 112 valence electrons. The third-order valence-corrected chi connectivity index (χ3v) is 3.54. The van der Waals surface area contributed by atoms with Crippen LogP contribution in [0.25, 0.3) is 0 Å². The number of aromatic nitrogens is 1. The molecular weight excluding hydrogens is 267 g/mol. The summed E-state index contributed by atoms with van der Waals surface area (Å²) in [4.78, 5) is 6.28. The first-order valence-electron chi connectivity index (χ1n) is 7.01. The number of alkyl halides is 3. The molecule has 0 spiro atoms. The van der Waals surface area contributed by atoms with E-state index in [2.05, 4.69) is 10.3 Å². The third kappa shape index (κ3) is 3.35. The highest BCUT2D eigenvalue weighted by atomic mass is 19.4. The van der Waals surface area contributed by atoms with Crippen molar-refractivity contribution in [3.63, 3.8) is 0 Å². The number of hydrogen-bond acceptors (Lipinski definition) is 3. The van der Waals surface area contributed by atoms with Gasteiger partial charge in [-0.2, -0.15) is 13.2 Å². The second-order valence-electron chi connectivity index (χ2n) is 5.21. The maximum Gasteiger partial charge on any atom is 0.416 e. The van der Waals surface area contributed by atoms with Crippen LogP contribution in [0.4, 0.5) is 24.8 Å². The molecule has 0 saturated carbocycles. The first kappa shape index (κ1) is 14.9. The molecule has 20 heavy (non-hydrogen) atoms. The molecular formula is C14H20F3N3. The lowest BCUT2D eigenvalue weighted by atomic mass is 10.2. The standard InChI is InChI=1S/C14H20F3N3/c1-3-6-18-12-8-11(14(15,16)17)9-13(19-12)20-7-4-5-10(20)2/h8-10H,3-7H2,1-2H3,(H,18,19). The summed E-state index contributed by atoms with van der Waals surface area (Å²) in [5.74, 6) is 0.721. The van der Waals surface area contributed by atoms with E-state index in [-0.39, 0.29) is 6.04 Å². The largest absolute Gasteiger partial charge is 0.416 e. The minimum absolute atomic E-state index is 0.241. The van der Waals surface area contributed by atoms with Gasteiger partial charge in [-0.1, -0.05) is 6.92 Å². The van der Waals surface area contributed by atoms with Crippen LogP contribution in [0.3, 0.4) is 0 Å². The maximum atomic E-state index is 13.0. The predicted octanol–water partition coefficient (Wildman–Crippen LogP) is 3.91. The van der Waals surface area contributed by atoms with E-state index in [4.69, 9.17) is 0 Å². The van der Waals surface area contributed by atoms with Crippen molar-refractivity contribution in [3.05, 3.63) is 17.7 Å². The summed E-state index contributed by atoms with van der Waals surface area (Å²) in [7, 11) is 0. The molecule has 0 aliphatic carbocycles. The average Bonchev–Trinajstić information content (AvgIpc) is 2.81. The van der Waals surface area contributed by atoms with E-state index >= 15 is 0 Å². The molecule has 0 amide bonds. The highest BCUT2D eigenvalue weighted by molar-refractivity contribution is 5.52. The predicted molar refractivity (Wildman–Crippen MR) is 74.1 cm³/mol. The summed E-state index contributed by atoms with van der Waals surface area (Å²) in [6.07, 6.45) is -1.51. The molecule has 0 radical (unpaired) electrons. The molecule has 2 rings (SSSR count). The fraction of sp³-hybridized carbons (Fsp3) is 0.643. The molecule has 1 aliphatic rings. The summed E-state index contributed by atoms with van der Waals surface area (Å²) < 4.78 is 38.9. The first-order chi connectivity index (χ1) is 9.41. The zero-order chi connectivity index (χ0) is 14.8. The molecule has 1 N–H and O–H groups in total. The highest BCUT2D eigenvalue weighted by Gasteiger charge is 2.33. The minimum Gasteiger partial charge on any atom is -0.370 e. The maximum absolute atomic E-state index is 13.0. The van der Waals surface area contributed by atoms with Gasteiger partial charge >= 0.3 is 6.18 Å². The van der Waals surface area contributed by atoms with Gasteiger partial charge < -0.3 is 10.2 Å². The Morgan fingerprint density at radius 1 is 1.40 bits per heavy atom. The normalized spacial score (nSPS) is 19.4. The van der Waals surface area contributed by atoms with Crippen molar-refractivity contribution in [1.82, 2.24) is 4.98 Å².